The molecule has 112 valence electrons. The van der Waals surface area contributed by atoms with Crippen LogP contribution in [-0.2, 0) is 10.1 Å². The largest absolute Gasteiger partial charge is 0.534 e. The van der Waals surface area contributed by atoms with Crippen molar-refractivity contribution in [1.29, 1.82) is 0 Å². The third kappa shape index (κ3) is 2.33. The van der Waals surface area contributed by atoms with Crippen molar-refractivity contribution < 1.29 is 35.2 Å². The molecular formula is C12H7F3O5S. The Balaban J connectivity index is 2.12. The summed E-state index contributed by atoms with van der Waals surface area (Å²) in [6, 6.07) is 7.01. The van der Waals surface area contributed by atoms with Gasteiger partial charge in [-0.15, -0.1) is 0 Å². The summed E-state index contributed by atoms with van der Waals surface area (Å²) in [4.78, 5) is 0. The highest BCUT2D eigenvalue weighted by molar-refractivity contribution is 7.88. The Kier molecular flexibility index (Phi) is 2.90. The lowest BCUT2D eigenvalue weighted by Gasteiger charge is -2.11. The molecule has 0 aromatic heterocycles. The molecule has 21 heavy (non-hydrogen) atoms. The Morgan fingerprint density at radius 2 is 1.76 bits per heavy atom. The lowest BCUT2D eigenvalue weighted by molar-refractivity contribution is -0.0499. The number of benzene rings is 2. The van der Waals surface area contributed by atoms with E-state index in [1.807, 2.05) is 0 Å². The maximum absolute atomic E-state index is 12.4. The van der Waals surface area contributed by atoms with E-state index in [9.17, 15) is 21.6 Å². The van der Waals surface area contributed by atoms with Crippen LogP contribution in [0.4, 0.5) is 13.2 Å². The van der Waals surface area contributed by atoms with Gasteiger partial charge in [0.25, 0.3) is 0 Å². The molecule has 0 saturated carbocycles. The molecule has 0 fully saturated rings. The average Bonchev–Trinajstić information content (AvgIpc) is 2.82. The summed E-state index contributed by atoms with van der Waals surface area (Å²) in [5.74, 6) is 0.310. The van der Waals surface area contributed by atoms with Crippen molar-refractivity contribution in [3.8, 4) is 17.2 Å². The molecule has 0 radical (unpaired) electrons. The number of hydrogen-bond donors (Lipinski definition) is 0. The lowest BCUT2D eigenvalue weighted by atomic mass is 10.1. The van der Waals surface area contributed by atoms with E-state index in [4.69, 9.17) is 9.47 Å². The van der Waals surface area contributed by atoms with Crippen LogP contribution in [0, 0.1) is 0 Å². The van der Waals surface area contributed by atoms with Crippen LogP contribution in [0.25, 0.3) is 10.8 Å². The summed E-state index contributed by atoms with van der Waals surface area (Å²) in [7, 11) is -5.73. The van der Waals surface area contributed by atoms with Crippen molar-refractivity contribution in [1.82, 2.24) is 0 Å². The molecule has 0 spiro atoms. The van der Waals surface area contributed by atoms with Gasteiger partial charge in [-0.3, -0.25) is 0 Å². The highest BCUT2D eigenvalue weighted by Gasteiger charge is 2.48. The van der Waals surface area contributed by atoms with E-state index in [2.05, 4.69) is 4.18 Å². The standard InChI is InChI=1S/C12H7F3O5S/c13-12(14,15)21(16,17)20-9-3-1-2-7-4-10-11(5-8(7)9)19-6-18-10/h1-5H,6H2. The van der Waals surface area contributed by atoms with Gasteiger partial charge in [0.05, 0.1) is 0 Å². The zero-order chi connectivity index (χ0) is 15.3. The van der Waals surface area contributed by atoms with Gasteiger partial charge in [-0.05, 0) is 23.6 Å². The molecule has 2 aromatic rings. The van der Waals surface area contributed by atoms with Crippen LogP contribution in [0.5, 0.6) is 17.2 Å². The van der Waals surface area contributed by atoms with E-state index in [0.717, 1.165) is 6.07 Å². The number of alkyl halides is 3. The fourth-order valence-electron chi connectivity index (χ4n) is 1.88. The second-order valence-corrected chi connectivity index (χ2v) is 5.70. The number of rotatable bonds is 2. The zero-order valence-corrected chi connectivity index (χ0v) is 11.0. The predicted molar refractivity (Wildman–Crippen MR) is 65.7 cm³/mol. The second kappa shape index (κ2) is 4.42. The zero-order valence-electron chi connectivity index (χ0n) is 10.2. The molecule has 0 N–H and O–H groups in total. The van der Waals surface area contributed by atoms with Gasteiger partial charge in [0, 0.05) is 5.39 Å². The molecule has 0 bridgehead atoms. The van der Waals surface area contributed by atoms with Gasteiger partial charge >= 0.3 is 15.6 Å². The Hall–Kier alpha value is -2.16. The number of fused-ring (bicyclic) bond motifs is 2. The number of halogens is 3. The molecule has 0 aliphatic carbocycles. The molecule has 0 unspecified atom stereocenters. The molecule has 1 heterocycles. The van der Waals surface area contributed by atoms with Crippen molar-refractivity contribution in [2.45, 2.75) is 5.51 Å². The molecule has 0 saturated heterocycles. The first-order chi connectivity index (χ1) is 9.78. The molecule has 3 rings (SSSR count). The van der Waals surface area contributed by atoms with Crippen molar-refractivity contribution in [2.75, 3.05) is 6.79 Å². The van der Waals surface area contributed by atoms with E-state index in [1.54, 1.807) is 6.07 Å². The van der Waals surface area contributed by atoms with Crippen molar-refractivity contribution in [3.63, 3.8) is 0 Å². The highest BCUT2D eigenvalue weighted by atomic mass is 32.2. The first kappa shape index (κ1) is 13.8. The summed E-state index contributed by atoms with van der Waals surface area (Å²) in [6.45, 7) is -0.0112. The molecule has 1 aliphatic rings. The fraction of sp³-hybridized carbons (Fsp3) is 0.167. The summed E-state index contributed by atoms with van der Waals surface area (Å²) in [5.41, 5.74) is -5.49. The van der Waals surface area contributed by atoms with Crippen molar-refractivity contribution >= 4 is 20.9 Å². The second-order valence-electron chi connectivity index (χ2n) is 4.17. The smallest absolute Gasteiger partial charge is 0.454 e. The van der Waals surface area contributed by atoms with E-state index < -0.39 is 21.4 Å². The summed E-state index contributed by atoms with van der Waals surface area (Å²) in [6.07, 6.45) is 0. The third-order valence-electron chi connectivity index (χ3n) is 2.82. The van der Waals surface area contributed by atoms with Gasteiger partial charge in [-0.25, -0.2) is 0 Å². The highest BCUT2D eigenvalue weighted by Crippen LogP contribution is 2.40. The van der Waals surface area contributed by atoms with E-state index in [0.29, 0.717) is 16.9 Å². The Bertz CT molecular complexity index is 813. The van der Waals surface area contributed by atoms with Crippen LogP contribution < -0.4 is 13.7 Å². The molecular weight excluding hydrogens is 313 g/mol. The Labute approximate surface area is 117 Å². The minimum absolute atomic E-state index is 0.0112. The first-order valence-corrected chi connectivity index (χ1v) is 7.02. The minimum atomic E-state index is -5.73. The average molecular weight is 320 g/mol. The number of ether oxygens (including phenoxy) is 2. The van der Waals surface area contributed by atoms with Gasteiger partial charge in [-0.2, -0.15) is 21.6 Å². The van der Waals surface area contributed by atoms with Crippen LogP contribution in [0.2, 0.25) is 0 Å². The molecule has 2 aromatic carbocycles. The molecule has 0 atom stereocenters. The van der Waals surface area contributed by atoms with Gasteiger partial charge in [-0.1, -0.05) is 12.1 Å². The first-order valence-electron chi connectivity index (χ1n) is 5.61. The SMILES string of the molecule is O=S(=O)(Oc1cccc2cc3c(cc12)OCO3)C(F)(F)F. The summed E-state index contributed by atoms with van der Waals surface area (Å²) in [5, 5.41) is 0.642. The van der Waals surface area contributed by atoms with E-state index >= 15 is 0 Å². The van der Waals surface area contributed by atoms with Crippen LogP contribution in [0.1, 0.15) is 0 Å². The normalized spacial score (nSPS) is 14.4. The third-order valence-corrected chi connectivity index (χ3v) is 3.78. The predicted octanol–water partition coefficient (Wildman–Crippen LogP) is 2.80. The van der Waals surface area contributed by atoms with Gasteiger partial charge < -0.3 is 13.7 Å². The minimum Gasteiger partial charge on any atom is -0.454 e. The van der Waals surface area contributed by atoms with E-state index in [1.165, 1.54) is 18.2 Å². The van der Waals surface area contributed by atoms with Crippen LogP contribution in [0.15, 0.2) is 30.3 Å². The Morgan fingerprint density at radius 1 is 1.10 bits per heavy atom. The van der Waals surface area contributed by atoms with Crippen LogP contribution in [0.3, 0.4) is 0 Å². The quantitative estimate of drug-likeness (QED) is 0.629. The van der Waals surface area contributed by atoms with Crippen molar-refractivity contribution in [2.24, 2.45) is 0 Å². The van der Waals surface area contributed by atoms with Crippen LogP contribution >= 0.6 is 0 Å². The maximum atomic E-state index is 12.4. The molecule has 0 amide bonds. The van der Waals surface area contributed by atoms with Gasteiger partial charge in [0.2, 0.25) is 6.79 Å². The van der Waals surface area contributed by atoms with Crippen molar-refractivity contribution in [3.05, 3.63) is 30.3 Å². The Morgan fingerprint density at radius 3 is 2.43 bits per heavy atom. The monoisotopic (exact) mass is 320 g/mol. The molecule has 9 heteroatoms. The maximum Gasteiger partial charge on any atom is 0.534 e. The van der Waals surface area contributed by atoms with E-state index in [-0.39, 0.29) is 12.2 Å². The summed E-state index contributed by atoms with van der Waals surface area (Å²) >= 11 is 0. The fourth-order valence-corrected chi connectivity index (χ4v) is 2.35. The van der Waals surface area contributed by atoms with Gasteiger partial charge in [0.15, 0.2) is 17.2 Å². The molecule has 5 nitrogen and oxygen atoms in total. The molecule has 1 aliphatic heterocycles. The van der Waals surface area contributed by atoms with Gasteiger partial charge in [0.1, 0.15) is 0 Å². The lowest BCUT2D eigenvalue weighted by Crippen LogP contribution is -2.28. The van der Waals surface area contributed by atoms with Crippen LogP contribution in [-0.4, -0.2) is 20.7 Å². The summed E-state index contributed by atoms with van der Waals surface area (Å²) < 4.78 is 73.8. The topological polar surface area (TPSA) is 61.8 Å². The number of hydrogen-bond acceptors (Lipinski definition) is 5.